The van der Waals surface area contributed by atoms with Crippen molar-refractivity contribution in [3.8, 4) is 5.75 Å². The number of rotatable bonds is 7. The molecule has 2 heterocycles. The van der Waals surface area contributed by atoms with Crippen LogP contribution in [-0.2, 0) is 17.6 Å². The first-order valence-electron chi connectivity index (χ1n) is 10.9. The first-order valence-corrected chi connectivity index (χ1v) is 11.7. The van der Waals surface area contributed by atoms with Gasteiger partial charge in [-0.25, -0.2) is 9.59 Å². The van der Waals surface area contributed by atoms with Gasteiger partial charge in [0.2, 0.25) is 0 Å². The molecule has 0 saturated carbocycles. The highest BCUT2D eigenvalue weighted by atomic mass is 32.1. The van der Waals surface area contributed by atoms with Gasteiger partial charge in [0.15, 0.2) is 0 Å². The zero-order valence-electron chi connectivity index (χ0n) is 18.1. The van der Waals surface area contributed by atoms with Crippen LogP contribution in [0.25, 0.3) is 11.0 Å². The van der Waals surface area contributed by atoms with E-state index < -0.39 is 17.5 Å². The third kappa shape index (κ3) is 4.41. The van der Waals surface area contributed by atoms with Gasteiger partial charge in [-0.3, -0.25) is 4.79 Å². The minimum absolute atomic E-state index is 0.124. The van der Waals surface area contributed by atoms with E-state index in [0.717, 1.165) is 42.5 Å². The maximum atomic E-state index is 13.0. The fourth-order valence-electron chi connectivity index (χ4n) is 3.80. The van der Waals surface area contributed by atoms with Crippen molar-refractivity contribution in [2.24, 2.45) is 0 Å². The van der Waals surface area contributed by atoms with Gasteiger partial charge in [-0.1, -0.05) is 6.92 Å². The number of fused-ring (bicyclic) bond motifs is 2. The number of hydrogen-bond acceptors (Lipinski definition) is 7. The van der Waals surface area contributed by atoms with Crippen molar-refractivity contribution in [1.29, 1.82) is 0 Å². The van der Waals surface area contributed by atoms with Crippen molar-refractivity contribution in [3.63, 3.8) is 0 Å². The summed E-state index contributed by atoms with van der Waals surface area (Å²) in [7, 11) is 0. The zero-order chi connectivity index (χ0) is 22.7. The lowest BCUT2D eigenvalue weighted by atomic mass is 9.95. The Morgan fingerprint density at radius 1 is 1.16 bits per heavy atom. The highest BCUT2D eigenvalue weighted by molar-refractivity contribution is 7.17. The number of nitrogens with one attached hydrogen (secondary N) is 1. The van der Waals surface area contributed by atoms with Gasteiger partial charge in [0.05, 0.1) is 18.8 Å². The molecule has 0 atom stereocenters. The van der Waals surface area contributed by atoms with Crippen LogP contribution in [0.4, 0.5) is 5.00 Å². The molecule has 0 aliphatic heterocycles. The molecule has 1 N–H and O–H groups in total. The summed E-state index contributed by atoms with van der Waals surface area (Å²) in [6.07, 6.45) is 4.53. The van der Waals surface area contributed by atoms with Crippen molar-refractivity contribution >= 4 is 39.2 Å². The fraction of sp³-hybridized carbons (Fsp3) is 0.375. The molecule has 8 heteroatoms. The summed E-state index contributed by atoms with van der Waals surface area (Å²) >= 11 is 1.38. The molecule has 0 fully saturated rings. The third-order valence-electron chi connectivity index (χ3n) is 5.30. The van der Waals surface area contributed by atoms with Crippen LogP contribution in [0.1, 0.15) is 64.3 Å². The van der Waals surface area contributed by atoms with E-state index in [9.17, 15) is 14.4 Å². The molecule has 4 rings (SSSR count). The molecule has 3 aromatic rings. The maximum Gasteiger partial charge on any atom is 0.349 e. The van der Waals surface area contributed by atoms with Crippen molar-refractivity contribution in [2.75, 3.05) is 18.5 Å². The van der Waals surface area contributed by atoms with Crippen LogP contribution < -0.4 is 15.7 Å². The number of anilines is 1. The molecule has 0 unspecified atom stereocenters. The topological polar surface area (TPSA) is 94.8 Å². The van der Waals surface area contributed by atoms with Crippen molar-refractivity contribution < 1.29 is 23.5 Å². The summed E-state index contributed by atoms with van der Waals surface area (Å²) in [6, 6.07) is 6.65. The van der Waals surface area contributed by atoms with E-state index >= 15 is 0 Å². The predicted molar refractivity (Wildman–Crippen MR) is 123 cm³/mol. The molecule has 2 aromatic heterocycles. The molecule has 1 aliphatic rings. The van der Waals surface area contributed by atoms with Gasteiger partial charge in [0.1, 0.15) is 21.9 Å². The molecule has 168 valence electrons. The van der Waals surface area contributed by atoms with E-state index in [1.807, 2.05) is 6.92 Å². The van der Waals surface area contributed by atoms with E-state index in [1.165, 1.54) is 17.4 Å². The average molecular weight is 456 g/mol. The first kappa shape index (κ1) is 22.1. The molecule has 1 aliphatic carbocycles. The molecule has 1 aromatic carbocycles. The normalized spacial score (nSPS) is 12.9. The quantitative estimate of drug-likeness (QED) is 0.400. The lowest BCUT2D eigenvalue weighted by Gasteiger charge is -2.12. The number of carbonyl (C=O) groups excluding carboxylic acids is 2. The van der Waals surface area contributed by atoms with Crippen molar-refractivity contribution in [1.82, 2.24) is 0 Å². The summed E-state index contributed by atoms with van der Waals surface area (Å²) in [5.41, 5.74) is 0.824. The Morgan fingerprint density at radius 3 is 2.75 bits per heavy atom. The second-order valence-corrected chi connectivity index (χ2v) is 8.69. The summed E-state index contributed by atoms with van der Waals surface area (Å²) in [5, 5.41) is 3.79. The number of thiophene rings is 1. The van der Waals surface area contributed by atoms with Crippen molar-refractivity contribution in [2.45, 2.75) is 46.0 Å². The van der Waals surface area contributed by atoms with Gasteiger partial charge < -0.3 is 19.2 Å². The Balaban J connectivity index is 1.65. The number of carbonyl (C=O) groups is 2. The molecule has 0 saturated heterocycles. The predicted octanol–water partition coefficient (Wildman–Crippen LogP) is 4.95. The van der Waals surface area contributed by atoms with Gasteiger partial charge in [-0.05, 0) is 62.8 Å². The Morgan fingerprint density at radius 2 is 1.97 bits per heavy atom. The third-order valence-corrected chi connectivity index (χ3v) is 6.51. The summed E-state index contributed by atoms with van der Waals surface area (Å²) in [5.74, 6) is -0.466. The number of ether oxygens (including phenoxy) is 2. The molecular formula is C24H25NO6S. The Hall–Kier alpha value is -3.13. The monoisotopic (exact) mass is 455 g/mol. The SMILES string of the molecule is CCCOc1ccc2cc(C(=O)Nc3sc4c(c3C(=O)OCC)CCCC4)c(=O)oc2c1. The van der Waals surface area contributed by atoms with Crippen LogP contribution in [0.3, 0.4) is 0 Å². The lowest BCUT2D eigenvalue weighted by molar-refractivity contribution is 0.0526. The van der Waals surface area contributed by atoms with Crippen LogP contribution in [0.2, 0.25) is 0 Å². The average Bonchev–Trinajstić information content (AvgIpc) is 3.15. The molecular weight excluding hydrogens is 430 g/mol. The van der Waals surface area contributed by atoms with E-state index in [4.69, 9.17) is 13.9 Å². The van der Waals surface area contributed by atoms with Gasteiger partial charge in [-0.2, -0.15) is 0 Å². The van der Waals surface area contributed by atoms with Gasteiger partial charge >= 0.3 is 11.6 Å². The molecule has 32 heavy (non-hydrogen) atoms. The minimum atomic E-state index is -0.748. The van der Waals surface area contributed by atoms with Gasteiger partial charge in [0.25, 0.3) is 5.91 Å². The van der Waals surface area contributed by atoms with Gasteiger partial charge in [0, 0.05) is 16.3 Å². The second kappa shape index (κ2) is 9.56. The Bertz CT molecular complexity index is 1230. The second-order valence-electron chi connectivity index (χ2n) is 7.59. The molecule has 0 bridgehead atoms. The minimum Gasteiger partial charge on any atom is -0.493 e. The number of hydrogen-bond donors (Lipinski definition) is 1. The maximum absolute atomic E-state index is 13.0. The lowest BCUT2D eigenvalue weighted by Crippen LogP contribution is -2.21. The van der Waals surface area contributed by atoms with E-state index in [0.29, 0.717) is 33.9 Å². The Labute approximate surface area is 189 Å². The highest BCUT2D eigenvalue weighted by Crippen LogP contribution is 2.38. The number of aryl methyl sites for hydroxylation is 1. The Kier molecular flexibility index (Phi) is 6.60. The van der Waals surface area contributed by atoms with Crippen LogP contribution in [-0.4, -0.2) is 25.1 Å². The highest BCUT2D eigenvalue weighted by Gasteiger charge is 2.28. The number of amides is 1. The largest absolute Gasteiger partial charge is 0.493 e. The van der Waals surface area contributed by atoms with E-state index in [2.05, 4.69) is 5.32 Å². The number of benzene rings is 1. The van der Waals surface area contributed by atoms with Crippen molar-refractivity contribution in [3.05, 3.63) is 56.3 Å². The van der Waals surface area contributed by atoms with Crippen LogP contribution >= 0.6 is 11.3 Å². The van der Waals surface area contributed by atoms with E-state index in [1.54, 1.807) is 25.1 Å². The van der Waals surface area contributed by atoms with E-state index in [-0.39, 0.29) is 12.2 Å². The smallest absolute Gasteiger partial charge is 0.349 e. The first-order chi connectivity index (χ1) is 15.5. The fourth-order valence-corrected chi connectivity index (χ4v) is 5.08. The number of esters is 1. The standard InChI is InChI=1S/C24H25NO6S/c1-3-11-30-15-10-9-14-12-17(23(27)31-18(14)13-15)21(26)25-22-20(24(28)29-4-2)16-7-5-6-8-19(16)32-22/h9-10,12-13H,3-8,11H2,1-2H3,(H,25,26). The summed E-state index contributed by atoms with van der Waals surface area (Å²) < 4.78 is 16.2. The summed E-state index contributed by atoms with van der Waals surface area (Å²) in [6.45, 7) is 4.55. The van der Waals surface area contributed by atoms with Crippen LogP contribution in [0, 0.1) is 0 Å². The molecule has 0 radical (unpaired) electrons. The molecule has 1 amide bonds. The van der Waals surface area contributed by atoms with Crippen LogP contribution in [0.5, 0.6) is 5.75 Å². The van der Waals surface area contributed by atoms with Crippen LogP contribution in [0.15, 0.2) is 33.5 Å². The zero-order valence-corrected chi connectivity index (χ0v) is 18.9. The summed E-state index contributed by atoms with van der Waals surface area (Å²) in [4.78, 5) is 39.2. The van der Waals surface area contributed by atoms with Gasteiger partial charge in [-0.15, -0.1) is 11.3 Å². The molecule has 7 nitrogen and oxygen atoms in total. The molecule has 0 spiro atoms.